The number of hydrogen-bond donors (Lipinski definition) is 1. The number of carbonyl (C=O) groups excluding carboxylic acids is 1. The Hall–Kier alpha value is -1.15. The molecule has 0 aromatic heterocycles. The van der Waals surface area contributed by atoms with Crippen LogP contribution in [0.2, 0.25) is 0 Å². The predicted molar refractivity (Wildman–Crippen MR) is 70.1 cm³/mol. The third-order valence-electron chi connectivity index (χ3n) is 3.96. The van der Waals surface area contributed by atoms with Crippen LogP contribution < -0.4 is 5.73 Å². The van der Waals surface area contributed by atoms with Crippen LogP contribution in [-0.2, 0) is 0 Å². The van der Waals surface area contributed by atoms with Gasteiger partial charge in [0.15, 0.2) is 5.78 Å². The SMILES string of the molecule is Cc1cccc(C(=O)C2(CN)CCCCC2)c1. The lowest BCUT2D eigenvalue weighted by molar-refractivity contribution is 0.0729. The Morgan fingerprint density at radius 3 is 2.59 bits per heavy atom. The largest absolute Gasteiger partial charge is 0.329 e. The molecule has 0 bridgehead atoms. The Morgan fingerprint density at radius 2 is 2.00 bits per heavy atom. The summed E-state index contributed by atoms with van der Waals surface area (Å²) < 4.78 is 0. The molecule has 0 heterocycles. The second-order valence-corrected chi connectivity index (χ2v) is 5.24. The quantitative estimate of drug-likeness (QED) is 0.812. The fourth-order valence-electron chi connectivity index (χ4n) is 2.84. The number of Topliss-reactive ketones (excluding diaryl/α,β-unsaturated/α-hetero) is 1. The van der Waals surface area contributed by atoms with Gasteiger partial charge in [0, 0.05) is 17.5 Å². The summed E-state index contributed by atoms with van der Waals surface area (Å²) in [5.41, 5.74) is 7.58. The summed E-state index contributed by atoms with van der Waals surface area (Å²) in [5, 5.41) is 0. The van der Waals surface area contributed by atoms with Crippen molar-refractivity contribution in [1.29, 1.82) is 0 Å². The number of hydrogen-bond acceptors (Lipinski definition) is 2. The molecule has 1 aromatic rings. The number of carbonyl (C=O) groups is 1. The summed E-state index contributed by atoms with van der Waals surface area (Å²) in [5.74, 6) is 0.253. The van der Waals surface area contributed by atoms with Crippen LogP contribution in [0.5, 0.6) is 0 Å². The van der Waals surface area contributed by atoms with Crippen LogP contribution in [0.15, 0.2) is 24.3 Å². The Balaban J connectivity index is 2.28. The molecular formula is C15H21NO. The highest BCUT2D eigenvalue weighted by Crippen LogP contribution is 2.38. The first-order valence-corrected chi connectivity index (χ1v) is 6.49. The summed E-state index contributed by atoms with van der Waals surface area (Å²) in [7, 11) is 0. The van der Waals surface area contributed by atoms with Crippen molar-refractivity contribution < 1.29 is 4.79 Å². The maximum atomic E-state index is 12.6. The minimum absolute atomic E-state index is 0.253. The molecule has 2 N–H and O–H groups in total. The van der Waals surface area contributed by atoms with Crippen LogP contribution >= 0.6 is 0 Å². The van der Waals surface area contributed by atoms with Gasteiger partial charge in [0.25, 0.3) is 0 Å². The van der Waals surface area contributed by atoms with Gasteiger partial charge >= 0.3 is 0 Å². The highest BCUT2D eigenvalue weighted by atomic mass is 16.1. The molecule has 1 aromatic carbocycles. The van der Waals surface area contributed by atoms with Gasteiger partial charge in [0.1, 0.15) is 0 Å². The van der Waals surface area contributed by atoms with E-state index in [0.29, 0.717) is 6.54 Å². The average Bonchev–Trinajstić information content (AvgIpc) is 2.38. The van der Waals surface area contributed by atoms with E-state index in [4.69, 9.17) is 5.73 Å². The molecule has 17 heavy (non-hydrogen) atoms. The van der Waals surface area contributed by atoms with E-state index < -0.39 is 0 Å². The van der Waals surface area contributed by atoms with E-state index >= 15 is 0 Å². The van der Waals surface area contributed by atoms with Gasteiger partial charge in [-0.2, -0.15) is 0 Å². The molecule has 2 nitrogen and oxygen atoms in total. The van der Waals surface area contributed by atoms with Crippen molar-refractivity contribution in [1.82, 2.24) is 0 Å². The lowest BCUT2D eigenvalue weighted by atomic mass is 9.69. The smallest absolute Gasteiger partial charge is 0.170 e. The molecule has 2 rings (SSSR count). The van der Waals surface area contributed by atoms with E-state index in [1.54, 1.807) is 0 Å². The lowest BCUT2D eigenvalue weighted by Crippen LogP contribution is -2.40. The van der Waals surface area contributed by atoms with E-state index in [1.165, 1.54) is 6.42 Å². The maximum absolute atomic E-state index is 12.6. The molecule has 0 saturated heterocycles. The van der Waals surface area contributed by atoms with Crippen LogP contribution in [-0.4, -0.2) is 12.3 Å². The summed E-state index contributed by atoms with van der Waals surface area (Å²) in [6.45, 7) is 2.51. The van der Waals surface area contributed by atoms with Crippen molar-refractivity contribution in [2.75, 3.05) is 6.54 Å². The topological polar surface area (TPSA) is 43.1 Å². The number of rotatable bonds is 3. The third kappa shape index (κ3) is 2.42. The molecule has 0 spiro atoms. The first-order chi connectivity index (χ1) is 8.18. The molecule has 0 atom stereocenters. The van der Waals surface area contributed by atoms with Crippen molar-refractivity contribution >= 4 is 5.78 Å². The van der Waals surface area contributed by atoms with Gasteiger partial charge in [-0.15, -0.1) is 0 Å². The van der Waals surface area contributed by atoms with Gasteiger partial charge < -0.3 is 5.73 Å². The normalized spacial score (nSPS) is 18.9. The molecule has 0 amide bonds. The monoisotopic (exact) mass is 231 g/mol. The van der Waals surface area contributed by atoms with Crippen LogP contribution in [0, 0.1) is 12.3 Å². The van der Waals surface area contributed by atoms with E-state index in [-0.39, 0.29) is 11.2 Å². The fourth-order valence-corrected chi connectivity index (χ4v) is 2.84. The highest BCUT2D eigenvalue weighted by molar-refractivity contribution is 6.00. The van der Waals surface area contributed by atoms with Gasteiger partial charge in [-0.25, -0.2) is 0 Å². The zero-order valence-corrected chi connectivity index (χ0v) is 10.5. The Labute approximate surface area is 103 Å². The summed E-state index contributed by atoms with van der Waals surface area (Å²) in [6.07, 6.45) is 5.42. The molecule has 1 saturated carbocycles. The van der Waals surface area contributed by atoms with E-state index in [1.807, 2.05) is 31.2 Å². The molecular weight excluding hydrogens is 210 g/mol. The minimum atomic E-state index is -0.286. The predicted octanol–water partition coefficient (Wildman–Crippen LogP) is 3.09. The van der Waals surface area contributed by atoms with Crippen molar-refractivity contribution in [3.05, 3.63) is 35.4 Å². The van der Waals surface area contributed by atoms with Crippen molar-refractivity contribution in [2.45, 2.75) is 39.0 Å². The number of benzene rings is 1. The van der Waals surface area contributed by atoms with E-state index in [0.717, 1.165) is 36.8 Å². The lowest BCUT2D eigenvalue weighted by Gasteiger charge is -2.34. The summed E-state index contributed by atoms with van der Waals surface area (Å²) in [6, 6.07) is 7.87. The van der Waals surface area contributed by atoms with Crippen molar-refractivity contribution in [2.24, 2.45) is 11.1 Å². The first-order valence-electron chi connectivity index (χ1n) is 6.49. The van der Waals surface area contributed by atoms with Crippen LogP contribution in [0.1, 0.15) is 48.0 Å². The molecule has 0 aliphatic heterocycles. The zero-order chi connectivity index (χ0) is 12.3. The minimum Gasteiger partial charge on any atom is -0.329 e. The van der Waals surface area contributed by atoms with E-state index in [9.17, 15) is 4.79 Å². The summed E-state index contributed by atoms with van der Waals surface area (Å²) in [4.78, 5) is 12.6. The van der Waals surface area contributed by atoms with Gasteiger partial charge in [0.2, 0.25) is 0 Å². The average molecular weight is 231 g/mol. The fraction of sp³-hybridized carbons (Fsp3) is 0.533. The molecule has 1 aliphatic carbocycles. The Morgan fingerprint density at radius 1 is 1.29 bits per heavy atom. The molecule has 92 valence electrons. The van der Waals surface area contributed by atoms with Gasteiger partial charge in [-0.3, -0.25) is 4.79 Å². The molecule has 0 radical (unpaired) electrons. The maximum Gasteiger partial charge on any atom is 0.170 e. The molecule has 2 heteroatoms. The number of aryl methyl sites for hydroxylation is 1. The second kappa shape index (κ2) is 5.01. The van der Waals surface area contributed by atoms with Crippen LogP contribution in [0.4, 0.5) is 0 Å². The standard InChI is InChI=1S/C15H21NO/c1-12-6-5-7-13(10-12)14(17)15(11-16)8-3-2-4-9-15/h5-7,10H,2-4,8-9,11,16H2,1H3. The van der Waals surface area contributed by atoms with Gasteiger partial charge in [0.05, 0.1) is 0 Å². The Bertz CT molecular complexity index is 405. The molecule has 1 aliphatic rings. The zero-order valence-electron chi connectivity index (χ0n) is 10.5. The molecule has 0 unspecified atom stereocenters. The van der Waals surface area contributed by atoms with E-state index in [2.05, 4.69) is 0 Å². The number of nitrogens with two attached hydrogens (primary N) is 1. The van der Waals surface area contributed by atoms with Gasteiger partial charge in [-0.05, 0) is 25.8 Å². The highest BCUT2D eigenvalue weighted by Gasteiger charge is 2.38. The Kier molecular flexibility index (Phi) is 3.63. The van der Waals surface area contributed by atoms with Crippen LogP contribution in [0.25, 0.3) is 0 Å². The van der Waals surface area contributed by atoms with Crippen LogP contribution in [0.3, 0.4) is 0 Å². The van der Waals surface area contributed by atoms with Crippen molar-refractivity contribution in [3.63, 3.8) is 0 Å². The van der Waals surface area contributed by atoms with Crippen molar-refractivity contribution in [3.8, 4) is 0 Å². The second-order valence-electron chi connectivity index (χ2n) is 5.24. The molecule has 1 fully saturated rings. The summed E-state index contributed by atoms with van der Waals surface area (Å²) >= 11 is 0. The third-order valence-corrected chi connectivity index (χ3v) is 3.96. The van der Waals surface area contributed by atoms with Gasteiger partial charge in [-0.1, -0.05) is 43.0 Å². The first kappa shape index (κ1) is 12.3. The number of ketones is 1.